The summed E-state index contributed by atoms with van der Waals surface area (Å²) in [6.07, 6.45) is 5.10. The lowest BCUT2D eigenvalue weighted by Gasteiger charge is -2.03. The van der Waals surface area contributed by atoms with Crippen molar-refractivity contribution in [2.45, 2.75) is 6.42 Å². The summed E-state index contributed by atoms with van der Waals surface area (Å²) in [5.74, 6) is 1.80. The summed E-state index contributed by atoms with van der Waals surface area (Å²) in [7, 11) is 1.67. The highest BCUT2D eigenvalue weighted by Gasteiger charge is 1.91. The Balaban J connectivity index is 1.74. The molecule has 0 bridgehead atoms. The van der Waals surface area contributed by atoms with Crippen molar-refractivity contribution >= 4 is 6.08 Å². The summed E-state index contributed by atoms with van der Waals surface area (Å²) >= 11 is 0. The van der Waals surface area contributed by atoms with Crippen molar-refractivity contribution < 1.29 is 9.47 Å². The SMILES string of the molecule is COc1ccc(/C=C/CCOc2ccccc2)cc1. The van der Waals surface area contributed by atoms with E-state index in [0.29, 0.717) is 6.61 Å². The Morgan fingerprint density at radius 2 is 1.63 bits per heavy atom. The molecule has 0 radical (unpaired) electrons. The van der Waals surface area contributed by atoms with E-state index in [2.05, 4.69) is 12.2 Å². The van der Waals surface area contributed by atoms with Crippen molar-refractivity contribution in [2.24, 2.45) is 0 Å². The maximum Gasteiger partial charge on any atom is 0.119 e. The third-order valence-electron chi connectivity index (χ3n) is 2.72. The van der Waals surface area contributed by atoms with Gasteiger partial charge < -0.3 is 9.47 Å². The van der Waals surface area contributed by atoms with E-state index in [1.807, 2.05) is 54.6 Å². The van der Waals surface area contributed by atoms with Gasteiger partial charge in [-0.05, 0) is 36.2 Å². The van der Waals surface area contributed by atoms with Crippen molar-refractivity contribution in [3.63, 3.8) is 0 Å². The second kappa shape index (κ2) is 7.27. The molecule has 0 unspecified atom stereocenters. The van der Waals surface area contributed by atoms with E-state index in [1.54, 1.807) is 7.11 Å². The summed E-state index contributed by atoms with van der Waals surface area (Å²) < 4.78 is 10.7. The van der Waals surface area contributed by atoms with E-state index in [-0.39, 0.29) is 0 Å². The van der Waals surface area contributed by atoms with Crippen LogP contribution in [0.3, 0.4) is 0 Å². The molecule has 2 heteroatoms. The lowest BCUT2D eigenvalue weighted by atomic mass is 10.2. The van der Waals surface area contributed by atoms with Gasteiger partial charge in [-0.2, -0.15) is 0 Å². The van der Waals surface area contributed by atoms with E-state index >= 15 is 0 Å². The van der Waals surface area contributed by atoms with E-state index in [0.717, 1.165) is 17.9 Å². The molecule has 2 rings (SSSR count). The summed E-state index contributed by atoms with van der Waals surface area (Å²) in [4.78, 5) is 0. The van der Waals surface area contributed by atoms with Gasteiger partial charge in [0.15, 0.2) is 0 Å². The Morgan fingerprint density at radius 3 is 2.32 bits per heavy atom. The first-order chi connectivity index (χ1) is 9.38. The predicted octanol–water partition coefficient (Wildman–Crippen LogP) is 4.18. The normalized spacial score (nSPS) is 10.6. The predicted molar refractivity (Wildman–Crippen MR) is 78.6 cm³/mol. The van der Waals surface area contributed by atoms with E-state index in [9.17, 15) is 0 Å². The van der Waals surface area contributed by atoms with Gasteiger partial charge in [-0.3, -0.25) is 0 Å². The molecule has 0 atom stereocenters. The highest BCUT2D eigenvalue weighted by atomic mass is 16.5. The Morgan fingerprint density at radius 1 is 0.895 bits per heavy atom. The van der Waals surface area contributed by atoms with Crippen LogP contribution in [0.15, 0.2) is 60.7 Å². The molecule has 2 nitrogen and oxygen atoms in total. The number of methoxy groups -OCH3 is 1. The minimum Gasteiger partial charge on any atom is -0.497 e. The van der Waals surface area contributed by atoms with E-state index < -0.39 is 0 Å². The number of hydrogen-bond donors (Lipinski definition) is 0. The molecule has 0 aromatic heterocycles. The summed E-state index contributed by atoms with van der Waals surface area (Å²) in [6, 6.07) is 17.9. The van der Waals surface area contributed by atoms with Crippen LogP contribution in [0.2, 0.25) is 0 Å². The van der Waals surface area contributed by atoms with Crippen molar-refractivity contribution in [3.05, 3.63) is 66.2 Å². The van der Waals surface area contributed by atoms with Crippen LogP contribution in [-0.4, -0.2) is 13.7 Å². The highest BCUT2D eigenvalue weighted by Crippen LogP contribution is 2.13. The van der Waals surface area contributed by atoms with Crippen LogP contribution in [0.5, 0.6) is 11.5 Å². The molecule has 0 spiro atoms. The first-order valence-electron chi connectivity index (χ1n) is 6.37. The zero-order valence-electron chi connectivity index (χ0n) is 11.1. The first-order valence-corrected chi connectivity index (χ1v) is 6.37. The summed E-state index contributed by atoms with van der Waals surface area (Å²) in [5.41, 5.74) is 1.17. The molecule has 2 aromatic rings. The van der Waals surface area contributed by atoms with E-state index in [4.69, 9.17) is 9.47 Å². The zero-order valence-corrected chi connectivity index (χ0v) is 11.1. The van der Waals surface area contributed by atoms with Crippen LogP contribution in [-0.2, 0) is 0 Å². The Labute approximate surface area is 114 Å². The van der Waals surface area contributed by atoms with Gasteiger partial charge in [0.05, 0.1) is 13.7 Å². The number of para-hydroxylation sites is 1. The molecule has 19 heavy (non-hydrogen) atoms. The smallest absolute Gasteiger partial charge is 0.119 e. The third kappa shape index (κ3) is 4.51. The molecule has 0 fully saturated rings. The Bertz CT molecular complexity index is 501. The average molecular weight is 254 g/mol. The maximum absolute atomic E-state index is 5.61. The zero-order chi connectivity index (χ0) is 13.3. The minimum absolute atomic E-state index is 0.691. The minimum atomic E-state index is 0.691. The quantitative estimate of drug-likeness (QED) is 0.720. The van der Waals surface area contributed by atoms with Crippen LogP contribution >= 0.6 is 0 Å². The Kier molecular flexibility index (Phi) is 5.06. The number of benzene rings is 2. The summed E-state index contributed by atoms with van der Waals surface area (Å²) in [5, 5.41) is 0. The first kappa shape index (κ1) is 13.2. The lowest BCUT2D eigenvalue weighted by molar-refractivity contribution is 0.325. The van der Waals surface area contributed by atoms with Crippen molar-refractivity contribution in [2.75, 3.05) is 13.7 Å². The highest BCUT2D eigenvalue weighted by molar-refractivity contribution is 5.50. The van der Waals surface area contributed by atoms with Gasteiger partial charge in [0.25, 0.3) is 0 Å². The van der Waals surface area contributed by atoms with Gasteiger partial charge in [0.2, 0.25) is 0 Å². The van der Waals surface area contributed by atoms with Gasteiger partial charge in [0, 0.05) is 0 Å². The van der Waals surface area contributed by atoms with Crippen molar-refractivity contribution in [1.82, 2.24) is 0 Å². The molecule has 0 saturated heterocycles. The molecule has 0 aliphatic carbocycles. The van der Waals surface area contributed by atoms with Gasteiger partial charge in [-0.1, -0.05) is 42.5 Å². The van der Waals surface area contributed by atoms with Gasteiger partial charge in [-0.25, -0.2) is 0 Å². The van der Waals surface area contributed by atoms with Gasteiger partial charge >= 0.3 is 0 Å². The van der Waals surface area contributed by atoms with Crippen LogP contribution in [0.4, 0.5) is 0 Å². The van der Waals surface area contributed by atoms with Gasteiger partial charge in [0.1, 0.15) is 11.5 Å². The average Bonchev–Trinajstić information content (AvgIpc) is 2.49. The van der Waals surface area contributed by atoms with E-state index in [1.165, 1.54) is 5.56 Å². The standard InChI is InChI=1S/C17H18O2/c1-18-16-12-10-15(11-13-16)7-5-6-14-19-17-8-3-2-4-9-17/h2-5,7-13H,6,14H2,1H3/b7-5+. The fraction of sp³-hybridized carbons (Fsp3) is 0.176. The molecular weight excluding hydrogens is 236 g/mol. The third-order valence-corrected chi connectivity index (χ3v) is 2.72. The second-order valence-electron chi connectivity index (χ2n) is 4.13. The topological polar surface area (TPSA) is 18.5 Å². The monoisotopic (exact) mass is 254 g/mol. The maximum atomic E-state index is 5.61. The largest absolute Gasteiger partial charge is 0.497 e. The fourth-order valence-electron chi connectivity index (χ4n) is 1.70. The molecule has 0 saturated carbocycles. The number of rotatable bonds is 6. The van der Waals surface area contributed by atoms with Crippen LogP contribution in [0.1, 0.15) is 12.0 Å². The van der Waals surface area contributed by atoms with Crippen LogP contribution < -0.4 is 9.47 Å². The molecule has 0 N–H and O–H groups in total. The number of hydrogen-bond acceptors (Lipinski definition) is 2. The molecule has 0 amide bonds. The van der Waals surface area contributed by atoms with Crippen LogP contribution in [0, 0.1) is 0 Å². The number of ether oxygens (including phenoxy) is 2. The van der Waals surface area contributed by atoms with Crippen LogP contribution in [0.25, 0.3) is 6.08 Å². The Hall–Kier alpha value is -2.22. The summed E-state index contributed by atoms with van der Waals surface area (Å²) in [6.45, 7) is 0.691. The molecule has 0 heterocycles. The molecular formula is C17H18O2. The lowest BCUT2D eigenvalue weighted by Crippen LogP contribution is -1.94. The molecule has 0 aliphatic heterocycles. The molecule has 98 valence electrons. The van der Waals surface area contributed by atoms with Crippen molar-refractivity contribution in [3.8, 4) is 11.5 Å². The second-order valence-corrected chi connectivity index (χ2v) is 4.13. The molecule has 2 aromatic carbocycles. The fourth-order valence-corrected chi connectivity index (χ4v) is 1.70. The molecule has 0 aliphatic rings. The van der Waals surface area contributed by atoms with Gasteiger partial charge in [-0.15, -0.1) is 0 Å². The van der Waals surface area contributed by atoms with Crippen molar-refractivity contribution in [1.29, 1.82) is 0 Å².